The molecule has 168 valence electrons. The van der Waals surface area contributed by atoms with Crippen LogP contribution in [0.15, 0.2) is 48.5 Å². The molecule has 0 amide bonds. The molecule has 0 spiro atoms. The van der Waals surface area contributed by atoms with Crippen molar-refractivity contribution in [1.82, 2.24) is 9.80 Å². The number of ether oxygens (including phenoxy) is 2. The topological polar surface area (TPSA) is 62.2 Å². The maximum atomic E-state index is 13.6. The summed E-state index contributed by atoms with van der Waals surface area (Å²) < 4.78 is 24.3. The molecule has 1 aliphatic heterocycles. The van der Waals surface area contributed by atoms with E-state index in [9.17, 15) is 14.3 Å². The van der Waals surface area contributed by atoms with Gasteiger partial charge in [-0.25, -0.2) is 9.18 Å². The lowest BCUT2D eigenvalue weighted by Gasteiger charge is -2.39. The summed E-state index contributed by atoms with van der Waals surface area (Å²) >= 11 is 5.99. The number of carbonyl (C=O) groups excluding carboxylic acids is 1. The van der Waals surface area contributed by atoms with Crippen LogP contribution in [-0.2, 0) is 9.53 Å². The fraction of sp³-hybridized carbons (Fsp3) is 0.435. The third kappa shape index (κ3) is 6.64. The SMILES string of the molecule is CCOC(=O)[C@@H](c1ccc(Cl)cc1)N1CCN(C[C@@H](O)COc2ccccc2F)CC1. The minimum atomic E-state index is -0.747. The average Bonchev–Trinajstić information content (AvgIpc) is 2.76. The summed E-state index contributed by atoms with van der Waals surface area (Å²) in [5, 5.41) is 10.9. The van der Waals surface area contributed by atoms with Gasteiger partial charge in [0.25, 0.3) is 0 Å². The van der Waals surface area contributed by atoms with Crippen LogP contribution in [-0.4, -0.2) is 72.9 Å². The summed E-state index contributed by atoms with van der Waals surface area (Å²) in [5.74, 6) is -0.598. The first-order valence-electron chi connectivity index (χ1n) is 10.4. The van der Waals surface area contributed by atoms with E-state index in [-0.39, 0.29) is 18.3 Å². The minimum absolute atomic E-state index is 0.0113. The molecule has 6 nitrogen and oxygen atoms in total. The Morgan fingerprint density at radius 2 is 1.81 bits per heavy atom. The molecule has 31 heavy (non-hydrogen) atoms. The van der Waals surface area contributed by atoms with Crippen LogP contribution in [0.2, 0.25) is 5.02 Å². The van der Waals surface area contributed by atoms with Crippen LogP contribution in [0.25, 0.3) is 0 Å². The molecular formula is C23H28ClFN2O4. The first kappa shape index (κ1) is 23.5. The summed E-state index contributed by atoms with van der Waals surface area (Å²) in [5.41, 5.74) is 0.842. The number of hydrogen-bond acceptors (Lipinski definition) is 6. The van der Waals surface area contributed by atoms with Gasteiger partial charge in [-0.15, -0.1) is 0 Å². The third-order valence-corrected chi connectivity index (χ3v) is 5.46. The quantitative estimate of drug-likeness (QED) is 0.592. The standard InChI is InChI=1S/C23H28ClFN2O4/c1-2-30-23(29)22(17-7-9-18(24)10-8-17)27-13-11-26(12-14-27)15-19(28)16-31-21-6-4-3-5-20(21)25/h3-10,19,22,28H,2,11-16H2,1H3/t19-,22-/m1/s1. The van der Waals surface area contributed by atoms with Crippen LogP contribution in [0.4, 0.5) is 4.39 Å². The van der Waals surface area contributed by atoms with Crippen molar-refractivity contribution in [3.05, 3.63) is 64.9 Å². The Hall–Kier alpha value is -2.19. The van der Waals surface area contributed by atoms with Crippen LogP contribution in [0.3, 0.4) is 0 Å². The van der Waals surface area contributed by atoms with Gasteiger partial charge < -0.3 is 14.6 Å². The molecule has 1 aliphatic rings. The van der Waals surface area contributed by atoms with Gasteiger partial charge in [-0.3, -0.25) is 9.80 Å². The number of hydrogen-bond donors (Lipinski definition) is 1. The van der Waals surface area contributed by atoms with Crippen molar-refractivity contribution in [3.8, 4) is 5.75 Å². The number of piperazine rings is 1. The van der Waals surface area contributed by atoms with Gasteiger partial charge in [0.15, 0.2) is 11.6 Å². The van der Waals surface area contributed by atoms with Crippen molar-refractivity contribution in [1.29, 1.82) is 0 Å². The molecule has 0 aliphatic carbocycles. The summed E-state index contributed by atoms with van der Waals surface area (Å²) in [6.45, 7) is 5.18. The minimum Gasteiger partial charge on any atom is -0.488 e. The van der Waals surface area contributed by atoms with Gasteiger partial charge in [0.2, 0.25) is 0 Å². The smallest absolute Gasteiger partial charge is 0.328 e. The van der Waals surface area contributed by atoms with Crippen molar-refractivity contribution >= 4 is 17.6 Å². The molecule has 0 saturated carbocycles. The van der Waals surface area contributed by atoms with Crippen LogP contribution in [0.1, 0.15) is 18.5 Å². The van der Waals surface area contributed by atoms with E-state index >= 15 is 0 Å². The molecule has 8 heteroatoms. The van der Waals surface area contributed by atoms with E-state index in [2.05, 4.69) is 9.80 Å². The maximum absolute atomic E-state index is 13.6. The highest BCUT2D eigenvalue weighted by Gasteiger charge is 2.32. The Labute approximate surface area is 187 Å². The van der Waals surface area contributed by atoms with Gasteiger partial charge in [0, 0.05) is 37.7 Å². The number of rotatable bonds is 9. The largest absolute Gasteiger partial charge is 0.488 e. The van der Waals surface area contributed by atoms with Crippen LogP contribution in [0, 0.1) is 5.82 Å². The molecule has 0 unspecified atom stereocenters. The lowest BCUT2D eigenvalue weighted by molar-refractivity contribution is -0.150. The summed E-state index contributed by atoms with van der Waals surface area (Å²) in [4.78, 5) is 16.8. The van der Waals surface area contributed by atoms with E-state index in [0.717, 1.165) is 5.56 Å². The molecule has 2 aromatic carbocycles. The molecule has 1 saturated heterocycles. The van der Waals surface area contributed by atoms with E-state index in [4.69, 9.17) is 21.1 Å². The second-order valence-corrected chi connectivity index (χ2v) is 7.87. The fourth-order valence-electron chi connectivity index (χ4n) is 3.66. The highest BCUT2D eigenvalue weighted by molar-refractivity contribution is 6.30. The molecule has 1 fully saturated rings. The molecule has 0 aromatic heterocycles. The molecule has 2 atom stereocenters. The van der Waals surface area contributed by atoms with Crippen molar-refractivity contribution in [3.63, 3.8) is 0 Å². The van der Waals surface area contributed by atoms with E-state index in [0.29, 0.717) is 44.4 Å². The number of nitrogens with zero attached hydrogens (tertiary/aromatic N) is 2. The van der Waals surface area contributed by atoms with Crippen LogP contribution >= 0.6 is 11.6 Å². The first-order valence-corrected chi connectivity index (χ1v) is 10.8. The Bertz CT molecular complexity index is 844. The van der Waals surface area contributed by atoms with Gasteiger partial charge >= 0.3 is 5.97 Å². The van der Waals surface area contributed by atoms with Crippen LogP contribution in [0.5, 0.6) is 5.75 Å². The predicted molar refractivity (Wildman–Crippen MR) is 117 cm³/mol. The molecular weight excluding hydrogens is 423 g/mol. The molecule has 0 radical (unpaired) electrons. The lowest BCUT2D eigenvalue weighted by atomic mass is 10.0. The van der Waals surface area contributed by atoms with Gasteiger partial charge in [-0.2, -0.15) is 0 Å². The van der Waals surface area contributed by atoms with E-state index < -0.39 is 18.0 Å². The van der Waals surface area contributed by atoms with Crippen molar-refractivity contribution in [2.75, 3.05) is 45.9 Å². The lowest BCUT2D eigenvalue weighted by Crippen LogP contribution is -2.51. The number of carbonyl (C=O) groups is 1. The van der Waals surface area contributed by atoms with Crippen molar-refractivity contribution < 1.29 is 23.8 Å². The maximum Gasteiger partial charge on any atom is 0.328 e. The molecule has 0 bridgehead atoms. The third-order valence-electron chi connectivity index (χ3n) is 5.20. The fourth-order valence-corrected chi connectivity index (χ4v) is 3.79. The molecule has 2 aromatic rings. The molecule has 1 heterocycles. The summed E-state index contributed by atoms with van der Waals surface area (Å²) in [6.07, 6.45) is -0.747. The second kappa shape index (κ2) is 11.4. The number of benzene rings is 2. The van der Waals surface area contributed by atoms with Crippen molar-refractivity contribution in [2.45, 2.75) is 19.1 Å². The number of para-hydroxylation sites is 1. The number of aliphatic hydroxyl groups excluding tert-OH is 1. The molecule has 1 N–H and O–H groups in total. The summed E-state index contributed by atoms with van der Waals surface area (Å²) in [7, 11) is 0. The van der Waals surface area contributed by atoms with Crippen LogP contribution < -0.4 is 4.74 Å². The van der Waals surface area contributed by atoms with Gasteiger partial charge in [-0.05, 0) is 36.8 Å². The Morgan fingerprint density at radius 3 is 2.45 bits per heavy atom. The zero-order valence-corrected chi connectivity index (χ0v) is 18.3. The van der Waals surface area contributed by atoms with E-state index in [1.807, 2.05) is 12.1 Å². The average molecular weight is 451 g/mol. The van der Waals surface area contributed by atoms with E-state index in [1.165, 1.54) is 12.1 Å². The van der Waals surface area contributed by atoms with Gasteiger partial charge in [0.1, 0.15) is 18.8 Å². The molecule has 3 rings (SSSR count). The van der Waals surface area contributed by atoms with Gasteiger partial charge in [0.05, 0.1) is 6.61 Å². The Kier molecular flexibility index (Phi) is 8.66. The highest BCUT2D eigenvalue weighted by atomic mass is 35.5. The van der Waals surface area contributed by atoms with E-state index in [1.54, 1.807) is 31.2 Å². The Morgan fingerprint density at radius 1 is 1.13 bits per heavy atom. The number of esters is 1. The second-order valence-electron chi connectivity index (χ2n) is 7.44. The summed E-state index contributed by atoms with van der Waals surface area (Å²) in [6, 6.07) is 12.9. The highest BCUT2D eigenvalue weighted by Crippen LogP contribution is 2.25. The Balaban J connectivity index is 1.53. The number of β-amino-alcohol motifs (C(OH)–C–C–N with tert-alkyl or cyclic N) is 1. The zero-order valence-electron chi connectivity index (χ0n) is 17.5. The zero-order chi connectivity index (χ0) is 22.2. The normalized spacial score (nSPS) is 17.2. The monoisotopic (exact) mass is 450 g/mol. The van der Waals surface area contributed by atoms with Gasteiger partial charge in [-0.1, -0.05) is 35.9 Å². The number of aliphatic hydroxyl groups is 1. The van der Waals surface area contributed by atoms with Crippen molar-refractivity contribution in [2.24, 2.45) is 0 Å². The number of halogens is 2. The predicted octanol–water partition coefficient (Wildman–Crippen LogP) is 3.14. The first-order chi connectivity index (χ1) is 15.0.